The predicted octanol–water partition coefficient (Wildman–Crippen LogP) is -0.240. The van der Waals surface area contributed by atoms with Crippen LogP contribution in [-0.2, 0) is 7.05 Å². The van der Waals surface area contributed by atoms with Crippen molar-refractivity contribution >= 4 is 11.7 Å². The van der Waals surface area contributed by atoms with Gasteiger partial charge in [-0.05, 0) is 19.5 Å². The van der Waals surface area contributed by atoms with Gasteiger partial charge in [0.05, 0.1) is 6.20 Å². The highest BCUT2D eigenvalue weighted by molar-refractivity contribution is 5.98. The minimum absolute atomic E-state index is 0.142. The number of nitrogens with two attached hydrogens (primary N) is 1. The third kappa shape index (κ3) is 4.18. The van der Waals surface area contributed by atoms with Crippen LogP contribution < -0.4 is 11.1 Å². The van der Waals surface area contributed by atoms with E-state index < -0.39 is 0 Å². The zero-order valence-electron chi connectivity index (χ0n) is 13.0. The monoisotopic (exact) mass is 294 g/mol. The number of amides is 1. The van der Waals surface area contributed by atoms with Crippen molar-refractivity contribution in [2.45, 2.75) is 13.3 Å². The van der Waals surface area contributed by atoms with Crippen molar-refractivity contribution in [3.05, 3.63) is 11.8 Å². The van der Waals surface area contributed by atoms with Crippen molar-refractivity contribution in [1.29, 1.82) is 0 Å². The molecule has 7 nitrogen and oxygen atoms in total. The number of anilines is 1. The van der Waals surface area contributed by atoms with E-state index in [1.807, 2.05) is 0 Å². The van der Waals surface area contributed by atoms with Crippen molar-refractivity contribution < 1.29 is 4.79 Å². The summed E-state index contributed by atoms with van der Waals surface area (Å²) in [7, 11) is 1.72. The number of carbonyl (C=O) groups excluding carboxylic acids is 1. The molecule has 1 fully saturated rings. The van der Waals surface area contributed by atoms with Crippen molar-refractivity contribution in [3.63, 3.8) is 0 Å². The van der Waals surface area contributed by atoms with Crippen LogP contribution >= 0.6 is 0 Å². The molecule has 0 aliphatic carbocycles. The van der Waals surface area contributed by atoms with Gasteiger partial charge in [-0.25, -0.2) is 0 Å². The smallest absolute Gasteiger partial charge is 0.256 e. The van der Waals surface area contributed by atoms with E-state index in [0.29, 0.717) is 17.9 Å². The zero-order valence-corrected chi connectivity index (χ0v) is 13.0. The van der Waals surface area contributed by atoms with Gasteiger partial charge < -0.3 is 20.9 Å². The molecule has 7 heteroatoms. The van der Waals surface area contributed by atoms with Crippen molar-refractivity contribution in [2.75, 3.05) is 51.5 Å². The van der Waals surface area contributed by atoms with Gasteiger partial charge >= 0.3 is 0 Å². The third-order valence-electron chi connectivity index (χ3n) is 4.08. The minimum atomic E-state index is -0.142. The number of hydrogen-bond donors (Lipinski definition) is 2. The molecule has 1 aliphatic rings. The van der Waals surface area contributed by atoms with Crippen LogP contribution in [0.2, 0.25) is 0 Å². The number of nitrogen functional groups attached to an aromatic ring is 1. The van der Waals surface area contributed by atoms with Crippen molar-refractivity contribution in [2.24, 2.45) is 7.05 Å². The lowest BCUT2D eigenvalue weighted by molar-refractivity contribution is 0.0949. The number of nitrogens with zero attached hydrogens (tertiary/aromatic N) is 4. The average Bonchev–Trinajstić information content (AvgIpc) is 2.84. The van der Waals surface area contributed by atoms with Gasteiger partial charge in [0, 0.05) is 39.8 Å². The number of likely N-dealkylation sites (N-methyl/N-ethyl adjacent to an activating group) is 1. The van der Waals surface area contributed by atoms with E-state index in [1.165, 1.54) is 10.9 Å². The maximum atomic E-state index is 11.9. The molecule has 1 aromatic rings. The summed E-state index contributed by atoms with van der Waals surface area (Å²) in [5.41, 5.74) is 6.23. The fourth-order valence-corrected chi connectivity index (χ4v) is 2.55. The highest BCUT2D eigenvalue weighted by Crippen LogP contribution is 2.08. The quantitative estimate of drug-likeness (QED) is 0.708. The lowest BCUT2D eigenvalue weighted by atomic mass is 10.2. The maximum Gasteiger partial charge on any atom is 0.256 e. The van der Waals surface area contributed by atoms with Crippen LogP contribution in [0, 0.1) is 0 Å². The summed E-state index contributed by atoms with van der Waals surface area (Å²) < 4.78 is 1.50. The van der Waals surface area contributed by atoms with Crippen LogP contribution in [-0.4, -0.2) is 71.3 Å². The van der Waals surface area contributed by atoms with Crippen LogP contribution in [0.15, 0.2) is 6.20 Å². The molecule has 0 aromatic carbocycles. The number of piperazine rings is 1. The van der Waals surface area contributed by atoms with Crippen LogP contribution in [0.5, 0.6) is 0 Å². The van der Waals surface area contributed by atoms with E-state index >= 15 is 0 Å². The highest BCUT2D eigenvalue weighted by Gasteiger charge is 2.15. The molecule has 3 N–H and O–H groups in total. The Balaban J connectivity index is 1.64. The number of rotatable bonds is 6. The molecule has 2 heterocycles. The Kier molecular flexibility index (Phi) is 5.58. The average molecular weight is 294 g/mol. The first-order chi connectivity index (χ1) is 10.1. The van der Waals surface area contributed by atoms with Gasteiger partial charge in [0.15, 0.2) is 0 Å². The Hall–Kier alpha value is -1.60. The topological polar surface area (TPSA) is 79.4 Å². The molecule has 1 saturated heterocycles. The third-order valence-corrected chi connectivity index (χ3v) is 4.08. The molecular weight excluding hydrogens is 268 g/mol. The fraction of sp³-hybridized carbons (Fsp3) is 0.714. The van der Waals surface area contributed by atoms with E-state index in [4.69, 9.17) is 5.73 Å². The highest BCUT2D eigenvalue weighted by atomic mass is 16.1. The van der Waals surface area contributed by atoms with Gasteiger partial charge in [0.1, 0.15) is 11.4 Å². The van der Waals surface area contributed by atoms with Crippen LogP contribution in [0.25, 0.3) is 0 Å². The summed E-state index contributed by atoms with van der Waals surface area (Å²) in [4.78, 5) is 16.9. The summed E-state index contributed by atoms with van der Waals surface area (Å²) in [5.74, 6) is 0.264. The Morgan fingerprint density at radius 1 is 1.33 bits per heavy atom. The summed E-state index contributed by atoms with van der Waals surface area (Å²) in [6.45, 7) is 9.58. The van der Waals surface area contributed by atoms with Gasteiger partial charge in [-0.2, -0.15) is 5.10 Å². The molecule has 0 saturated carbocycles. The molecule has 0 bridgehead atoms. The Morgan fingerprint density at radius 2 is 2.00 bits per heavy atom. The molecule has 1 aromatic heterocycles. The fourth-order valence-electron chi connectivity index (χ4n) is 2.55. The van der Waals surface area contributed by atoms with Crippen molar-refractivity contribution in [3.8, 4) is 0 Å². The summed E-state index contributed by atoms with van der Waals surface area (Å²) in [5, 5.41) is 6.88. The Bertz CT molecular complexity index is 464. The first-order valence-corrected chi connectivity index (χ1v) is 7.62. The van der Waals surface area contributed by atoms with Gasteiger partial charge in [-0.15, -0.1) is 0 Å². The van der Waals surface area contributed by atoms with Crippen LogP contribution in [0.3, 0.4) is 0 Å². The van der Waals surface area contributed by atoms with Gasteiger partial charge in [0.2, 0.25) is 0 Å². The van der Waals surface area contributed by atoms with E-state index in [2.05, 4.69) is 27.1 Å². The molecule has 0 atom stereocenters. The predicted molar refractivity (Wildman–Crippen MR) is 83.1 cm³/mol. The lowest BCUT2D eigenvalue weighted by Gasteiger charge is -2.33. The number of nitrogens with one attached hydrogen (secondary N) is 1. The molecule has 2 rings (SSSR count). The van der Waals surface area contributed by atoms with E-state index in [0.717, 1.165) is 45.7 Å². The summed E-state index contributed by atoms with van der Waals surface area (Å²) >= 11 is 0. The molecule has 21 heavy (non-hydrogen) atoms. The molecule has 118 valence electrons. The number of aromatic nitrogens is 2. The molecule has 0 spiro atoms. The molecular formula is C14H26N6O. The minimum Gasteiger partial charge on any atom is -0.383 e. The number of carbonyl (C=O) groups is 1. The number of aryl methyl sites for hydroxylation is 1. The Morgan fingerprint density at radius 3 is 2.57 bits per heavy atom. The maximum absolute atomic E-state index is 11.9. The number of hydrogen-bond acceptors (Lipinski definition) is 5. The van der Waals surface area contributed by atoms with Crippen molar-refractivity contribution in [1.82, 2.24) is 24.9 Å². The van der Waals surface area contributed by atoms with E-state index in [1.54, 1.807) is 7.05 Å². The molecule has 0 unspecified atom stereocenters. The first kappa shape index (κ1) is 15.8. The van der Waals surface area contributed by atoms with E-state index in [-0.39, 0.29) is 5.91 Å². The normalized spacial score (nSPS) is 17.0. The second-order valence-electron chi connectivity index (χ2n) is 5.45. The lowest BCUT2D eigenvalue weighted by Crippen LogP contribution is -2.46. The first-order valence-electron chi connectivity index (χ1n) is 7.62. The van der Waals surface area contributed by atoms with Gasteiger partial charge in [0.25, 0.3) is 5.91 Å². The second kappa shape index (κ2) is 7.42. The molecule has 1 aliphatic heterocycles. The standard InChI is InChI=1S/C14H26N6O/c1-3-19-7-9-20(10-8-19)6-4-5-16-14(21)12-11-17-18(2)13(12)15/h11H,3-10,15H2,1-2H3,(H,16,21). The Labute approximate surface area is 126 Å². The second-order valence-corrected chi connectivity index (χ2v) is 5.45. The molecule has 1 amide bonds. The van der Waals surface area contributed by atoms with Crippen LogP contribution in [0.1, 0.15) is 23.7 Å². The SMILES string of the molecule is CCN1CCN(CCCNC(=O)c2cnn(C)c2N)CC1. The van der Waals surface area contributed by atoms with E-state index in [9.17, 15) is 4.79 Å². The van der Waals surface area contributed by atoms with Crippen LogP contribution in [0.4, 0.5) is 5.82 Å². The van der Waals surface area contributed by atoms with Gasteiger partial charge in [-0.1, -0.05) is 6.92 Å². The summed E-state index contributed by atoms with van der Waals surface area (Å²) in [6.07, 6.45) is 2.46. The largest absolute Gasteiger partial charge is 0.383 e. The van der Waals surface area contributed by atoms with Gasteiger partial charge in [-0.3, -0.25) is 9.48 Å². The summed E-state index contributed by atoms with van der Waals surface area (Å²) in [6, 6.07) is 0. The molecule has 0 radical (unpaired) electrons. The zero-order chi connectivity index (χ0) is 15.2.